The second kappa shape index (κ2) is 7.51. The van der Waals surface area contributed by atoms with Gasteiger partial charge in [0.05, 0.1) is 34.0 Å². The predicted molar refractivity (Wildman–Crippen MR) is 105 cm³/mol. The molecule has 3 heterocycles. The van der Waals surface area contributed by atoms with E-state index >= 15 is 0 Å². The number of rotatable bonds is 6. The number of aryl methyl sites for hydroxylation is 1. The van der Waals surface area contributed by atoms with Gasteiger partial charge in [0.1, 0.15) is 10.9 Å². The molecule has 4 rings (SSSR count). The number of imidazole rings is 1. The van der Waals surface area contributed by atoms with Crippen LogP contribution in [-0.2, 0) is 13.5 Å². The van der Waals surface area contributed by atoms with Gasteiger partial charge in [-0.1, -0.05) is 12.1 Å². The van der Waals surface area contributed by atoms with Crippen LogP contribution in [-0.4, -0.2) is 31.0 Å². The molecule has 3 aromatic heterocycles. The summed E-state index contributed by atoms with van der Waals surface area (Å²) in [6.45, 7) is 0.666. The fraction of sp³-hybridized carbons (Fsp3) is 0.211. The molecule has 0 saturated carbocycles. The van der Waals surface area contributed by atoms with E-state index in [4.69, 9.17) is 0 Å². The highest BCUT2D eigenvalue weighted by atomic mass is 32.1. The Balaban J connectivity index is 1.50. The Morgan fingerprint density at radius 2 is 2.11 bits per heavy atom. The number of thiazole rings is 1. The zero-order valence-corrected chi connectivity index (χ0v) is 15.5. The highest BCUT2D eigenvalue weighted by Crippen LogP contribution is 2.30. The molecule has 0 fully saturated rings. The third-order valence-electron chi connectivity index (χ3n) is 4.08. The summed E-state index contributed by atoms with van der Waals surface area (Å²) in [6, 6.07) is 12.0. The highest BCUT2D eigenvalue weighted by Gasteiger charge is 2.20. The zero-order chi connectivity index (χ0) is 18.6. The molecule has 27 heavy (non-hydrogen) atoms. The molecule has 4 aromatic rings. The van der Waals surface area contributed by atoms with E-state index in [1.807, 2.05) is 42.1 Å². The Hall–Kier alpha value is -3.31. The van der Waals surface area contributed by atoms with Gasteiger partial charge >= 0.3 is 0 Å². The maximum atomic E-state index is 9.70. The van der Waals surface area contributed by atoms with Crippen LogP contribution in [0, 0.1) is 11.3 Å². The Kier molecular flexibility index (Phi) is 4.77. The lowest BCUT2D eigenvalue weighted by molar-refractivity contribution is 0.903. The van der Waals surface area contributed by atoms with Gasteiger partial charge in [0.15, 0.2) is 0 Å². The summed E-state index contributed by atoms with van der Waals surface area (Å²) in [5.74, 6) is -0.00784. The van der Waals surface area contributed by atoms with Crippen molar-refractivity contribution in [2.45, 2.75) is 12.3 Å². The quantitative estimate of drug-likeness (QED) is 0.557. The van der Waals surface area contributed by atoms with Gasteiger partial charge in [-0.25, -0.2) is 19.9 Å². The topological polar surface area (TPSA) is 92.3 Å². The molecule has 8 heteroatoms. The molecule has 1 atom stereocenters. The van der Waals surface area contributed by atoms with Gasteiger partial charge < -0.3 is 9.88 Å². The fourth-order valence-electron chi connectivity index (χ4n) is 2.78. The number of hydrogen-bond donors (Lipinski definition) is 1. The van der Waals surface area contributed by atoms with Crippen molar-refractivity contribution < 1.29 is 0 Å². The molecule has 7 nitrogen and oxygen atoms in total. The van der Waals surface area contributed by atoms with Crippen LogP contribution in [0.5, 0.6) is 0 Å². The summed E-state index contributed by atoms with van der Waals surface area (Å²) in [4.78, 5) is 17.7. The van der Waals surface area contributed by atoms with E-state index in [2.05, 4.69) is 31.3 Å². The van der Waals surface area contributed by atoms with Gasteiger partial charge in [0, 0.05) is 32.4 Å². The first-order valence-electron chi connectivity index (χ1n) is 8.51. The summed E-state index contributed by atoms with van der Waals surface area (Å²) >= 11 is 1.52. The summed E-state index contributed by atoms with van der Waals surface area (Å²) in [6.07, 6.45) is 6.21. The van der Waals surface area contributed by atoms with Crippen LogP contribution in [0.4, 0.5) is 5.95 Å². The minimum Gasteiger partial charge on any atom is -0.354 e. The molecule has 0 aliphatic rings. The normalized spacial score (nSPS) is 12.0. The predicted octanol–water partition coefficient (Wildman–Crippen LogP) is 3.13. The maximum Gasteiger partial charge on any atom is 0.222 e. The molecule has 0 saturated heterocycles. The summed E-state index contributed by atoms with van der Waals surface area (Å²) in [7, 11) is 1.95. The molecule has 0 radical (unpaired) electrons. The van der Waals surface area contributed by atoms with Crippen molar-refractivity contribution in [3.63, 3.8) is 0 Å². The van der Waals surface area contributed by atoms with Gasteiger partial charge in [-0.15, -0.1) is 11.3 Å². The average molecular weight is 375 g/mol. The van der Waals surface area contributed by atoms with Crippen molar-refractivity contribution in [2.24, 2.45) is 7.05 Å². The number of nitrogens with one attached hydrogen (secondary N) is 1. The van der Waals surface area contributed by atoms with Crippen LogP contribution < -0.4 is 5.32 Å². The number of hydrogen-bond acceptors (Lipinski definition) is 7. The molecule has 0 amide bonds. The molecular weight excluding hydrogens is 358 g/mol. The smallest absolute Gasteiger partial charge is 0.222 e. The number of nitrogens with zero attached hydrogens (tertiary/aromatic N) is 6. The van der Waals surface area contributed by atoms with E-state index < -0.39 is 5.92 Å². The molecule has 134 valence electrons. The minimum absolute atomic E-state index is 0.504. The lowest BCUT2D eigenvalue weighted by Gasteiger charge is -2.08. The summed E-state index contributed by atoms with van der Waals surface area (Å²) in [5.41, 5.74) is 2.55. The first-order chi connectivity index (χ1) is 13.2. The Morgan fingerprint density at radius 3 is 2.89 bits per heavy atom. The lowest BCUT2D eigenvalue weighted by Crippen LogP contribution is -2.10. The van der Waals surface area contributed by atoms with E-state index in [1.165, 1.54) is 11.3 Å². The summed E-state index contributed by atoms with van der Waals surface area (Å²) in [5, 5.41) is 13.7. The van der Waals surface area contributed by atoms with E-state index in [0.29, 0.717) is 18.2 Å². The second-order valence-corrected chi connectivity index (χ2v) is 7.16. The second-order valence-electron chi connectivity index (χ2n) is 6.09. The monoisotopic (exact) mass is 375 g/mol. The minimum atomic E-state index is -0.512. The van der Waals surface area contributed by atoms with Gasteiger partial charge in [-0.05, 0) is 18.2 Å². The van der Waals surface area contributed by atoms with Crippen LogP contribution in [0.25, 0.3) is 10.2 Å². The third kappa shape index (κ3) is 3.78. The van der Waals surface area contributed by atoms with Gasteiger partial charge in [-0.3, -0.25) is 0 Å². The van der Waals surface area contributed by atoms with Crippen LogP contribution in [0.1, 0.15) is 22.3 Å². The van der Waals surface area contributed by atoms with E-state index in [9.17, 15) is 5.26 Å². The van der Waals surface area contributed by atoms with Crippen molar-refractivity contribution in [2.75, 3.05) is 11.9 Å². The highest BCUT2D eigenvalue weighted by molar-refractivity contribution is 7.18. The maximum absolute atomic E-state index is 9.70. The first kappa shape index (κ1) is 17.1. The molecule has 0 aliphatic carbocycles. The number of para-hydroxylation sites is 1. The number of fused-ring (bicyclic) bond motifs is 1. The molecule has 0 spiro atoms. The third-order valence-corrected chi connectivity index (χ3v) is 5.18. The van der Waals surface area contributed by atoms with Gasteiger partial charge in [0.25, 0.3) is 0 Å². The molecule has 1 N–H and O–H groups in total. The van der Waals surface area contributed by atoms with Crippen molar-refractivity contribution in [3.8, 4) is 6.07 Å². The van der Waals surface area contributed by atoms with Crippen LogP contribution in [0.2, 0.25) is 0 Å². The summed E-state index contributed by atoms with van der Waals surface area (Å²) < 4.78 is 2.98. The van der Waals surface area contributed by atoms with Crippen molar-refractivity contribution in [3.05, 3.63) is 65.4 Å². The average Bonchev–Trinajstić information content (AvgIpc) is 3.29. The van der Waals surface area contributed by atoms with Gasteiger partial charge in [-0.2, -0.15) is 5.26 Å². The van der Waals surface area contributed by atoms with Crippen molar-refractivity contribution >= 4 is 27.5 Å². The number of nitriles is 1. The van der Waals surface area contributed by atoms with E-state index in [1.54, 1.807) is 18.6 Å². The van der Waals surface area contributed by atoms with Crippen LogP contribution >= 0.6 is 11.3 Å². The molecule has 0 bridgehead atoms. The van der Waals surface area contributed by atoms with Crippen LogP contribution in [0.15, 0.2) is 49.1 Å². The van der Waals surface area contributed by atoms with E-state index in [0.717, 1.165) is 27.3 Å². The van der Waals surface area contributed by atoms with Crippen molar-refractivity contribution in [1.82, 2.24) is 24.5 Å². The first-order valence-corrected chi connectivity index (χ1v) is 9.33. The number of anilines is 1. The lowest BCUT2D eigenvalue weighted by atomic mass is 10.1. The number of aromatic nitrogens is 5. The van der Waals surface area contributed by atoms with Gasteiger partial charge in [0.2, 0.25) is 5.95 Å². The standard InChI is InChI=1S/C19H17N7S/c1-26-11-13(23-12-26)6-8-21-19-22-9-7-15(25-19)14(10-20)18-24-16-4-2-3-5-17(16)27-18/h2-5,7,9,11-12,14H,6,8H2,1H3,(H,21,22,25). The molecule has 0 aliphatic heterocycles. The van der Waals surface area contributed by atoms with E-state index in [-0.39, 0.29) is 0 Å². The Morgan fingerprint density at radius 1 is 1.22 bits per heavy atom. The van der Waals surface area contributed by atoms with Crippen LogP contribution in [0.3, 0.4) is 0 Å². The SMILES string of the molecule is Cn1cnc(CCNc2nccc(C(C#N)c3nc4ccccc4s3)n2)c1. The molecule has 1 unspecified atom stereocenters. The zero-order valence-electron chi connectivity index (χ0n) is 14.7. The number of benzene rings is 1. The largest absolute Gasteiger partial charge is 0.354 e. The Bertz CT molecular complexity index is 1080. The Labute approximate surface area is 160 Å². The molecular formula is C19H17N7S. The van der Waals surface area contributed by atoms with Crippen molar-refractivity contribution in [1.29, 1.82) is 5.26 Å². The molecule has 1 aromatic carbocycles. The fourth-order valence-corrected chi connectivity index (χ4v) is 3.80.